The topological polar surface area (TPSA) is 35.2 Å². The summed E-state index contributed by atoms with van der Waals surface area (Å²) in [7, 11) is 0. The summed E-state index contributed by atoms with van der Waals surface area (Å²) in [6.07, 6.45) is -0.246. The zero-order valence-electron chi connectivity index (χ0n) is 11.4. The Morgan fingerprint density at radius 3 is 2.25 bits per heavy atom. The average molecular weight is 310 g/mol. The zero-order chi connectivity index (χ0) is 14.7. The van der Waals surface area contributed by atoms with Crippen molar-refractivity contribution in [3.05, 3.63) is 63.6 Å². The van der Waals surface area contributed by atoms with Crippen LogP contribution in [0.2, 0.25) is 10.0 Å². The van der Waals surface area contributed by atoms with Gasteiger partial charge in [-0.05, 0) is 37.6 Å². The van der Waals surface area contributed by atoms with Crippen molar-refractivity contribution in [2.75, 3.05) is 0 Å². The highest BCUT2D eigenvalue weighted by Crippen LogP contribution is 2.29. The molecule has 20 heavy (non-hydrogen) atoms. The van der Waals surface area contributed by atoms with Gasteiger partial charge in [-0.15, -0.1) is 0 Å². The Hall–Kier alpha value is -1.22. The Labute approximate surface area is 129 Å². The number of aryl methyl sites for hydroxylation is 1. The van der Waals surface area contributed by atoms with Crippen LogP contribution in [0.4, 0.5) is 0 Å². The smallest absolute Gasteiger partial charge is 0.138 e. The van der Waals surface area contributed by atoms with Crippen molar-refractivity contribution in [2.24, 2.45) is 5.73 Å². The van der Waals surface area contributed by atoms with Crippen molar-refractivity contribution in [1.82, 2.24) is 0 Å². The number of nitrogens with two attached hydrogens (primary N) is 1. The summed E-state index contributed by atoms with van der Waals surface area (Å²) in [5, 5.41) is 1.08. The van der Waals surface area contributed by atoms with Crippen LogP contribution < -0.4 is 10.5 Å². The zero-order valence-corrected chi connectivity index (χ0v) is 12.9. The molecule has 0 saturated carbocycles. The van der Waals surface area contributed by atoms with Crippen molar-refractivity contribution in [3.63, 3.8) is 0 Å². The lowest BCUT2D eigenvalue weighted by Crippen LogP contribution is -2.29. The molecule has 2 aromatic carbocycles. The highest BCUT2D eigenvalue weighted by atomic mass is 35.5. The molecule has 2 rings (SSSR count). The van der Waals surface area contributed by atoms with Crippen molar-refractivity contribution in [2.45, 2.75) is 26.0 Å². The standard InChI is InChI=1S/C16H17Cl2NO/c1-10-4-3-5-12(6-10)16(11(2)19)20-15-8-13(17)7-14(18)9-15/h3-9,11,16H,19H2,1-2H3. The molecule has 0 aromatic heterocycles. The van der Waals surface area contributed by atoms with Crippen LogP contribution in [-0.4, -0.2) is 6.04 Å². The molecule has 2 atom stereocenters. The molecule has 2 N–H and O–H groups in total. The van der Waals surface area contributed by atoms with E-state index in [4.69, 9.17) is 33.7 Å². The average Bonchev–Trinajstić information content (AvgIpc) is 2.34. The van der Waals surface area contributed by atoms with Crippen molar-refractivity contribution < 1.29 is 4.74 Å². The summed E-state index contributed by atoms with van der Waals surface area (Å²) in [4.78, 5) is 0. The second-order valence-electron chi connectivity index (χ2n) is 4.92. The molecule has 0 heterocycles. The number of benzene rings is 2. The van der Waals surface area contributed by atoms with E-state index in [2.05, 4.69) is 6.07 Å². The first kappa shape index (κ1) is 15.2. The van der Waals surface area contributed by atoms with Gasteiger partial charge in [0.15, 0.2) is 0 Å². The number of hydrogen-bond acceptors (Lipinski definition) is 2. The third-order valence-corrected chi connectivity index (χ3v) is 3.38. The first-order chi connectivity index (χ1) is 9.45. The normalized spacial score (nSPS) is 13.8. The van der Waals surface area contributed by atoms with E-state index in [0.29, 0.717) is 15.8 Å². The minimum absolute atomic E-state index is 0.158. The molecular weight excluding hydrogens is 293 g/mol. The molecule has 0 fully saturated rings. The van der Waals surface area contributed by atoms with Crippen molar-refractivity contribution in [3.8, 4) is 5.75 Å². The molecule has 4 heteroatoms. The van der Waals surface area contributed by atoms with Gasteiger partial charge in [-0.1, -0.05) is 53.0 Å². The van der Waals surface area contributed by atoms with Gasteiger partial charge in [0.05, 0.1) is 0 Å². The molecule has 0 bridgehead atoms. The molecule has 2 unspecified atom stereocenters. The van der Waals surface area contributed by atoms with E-state index in [9.17, 15) is 0 Å². The third kappa shape index (κ3) is 3.89. The van der Waals surface area contributed by atoms with Crippen molar-refractivity contribution in [1.29, 1.82) is 0 Å². The molecule has 0 spiro atoms. The number of rotatable bonds is 4. The number of ether oxygens (including phenoxy) is 1. The molecule has 0 saturated heterocycles. The summed E-state index contributed by atoms with van der Waals surface area (Å²) in [6.45, 7) is 3.96. The maximum absolute atomic E-state index is 6.05. The summed E-state index contributed by atoms with van der Waals surface area (Å²) in [5.41, 5.74) is 8.26. The van der Waals surface area contributed by atoms with Crippen molar-refractivity contribution >= 4 is 23.2 Å². The predicted octanol–water partition coefficient (Wildman–Crippen LogP) is 4.77. The fraction of sp³-hybridized carbons (Fsp3) is 0.250. The van der Waals surface area contributed by atoms with E-state index in [0.717, 1.165) is 5.56 Å². The largest absolute Gasteiger partial charge is 0.484 e. The van der Waals surface area contributed by atoms with Gasteiger partial charge in [-0.2, -0.15) is 0 Å². The molecule has 0 aliphatic rings. The molecule has 106 valence electrons. The number of halogens is 2. The number of hydrogen-bond donors (Lipinski definition) is 1. The Balaban J connectivity index is 2.30. The molecule has 0 aliphatic carbocycles. The Bertz CT molecular complexity index is 579. The van der Waals surface area contributed by atoms with Gasteiger partial charge in [-0.25, -0.2) is 0 Å². The van der Waals surface area contributed by atoms with Gasteiger partial charge in [0.1, 0.15) is 11.9 Å². The Morgan fingerprint density at radius 2 is 1.70 bits per heavy atom. The maximum Gasteiger partial charge on any atom is 0.138 e. The summed E-state index contributed by atoms with van der Waals surface area (Å²) < 4.78 is 5.98. The van der Waals surface area contributed by atoms with Crippen LogP contribution in [0.1, 0.15) is 24.2 Å². The summed E-state index contributed by atoms with van der Waals surface area (Å²) >= 11 is 12.0. The van der Waals surface area contributed by atoms with Gasteiger partial charge < -0.3 is 10.5 Å². The molecule has 2 nitrogen and oxygen atoms in total. The lowest BCUT2D eigenvalue weighted by atomic mass is 10.0. The lowest BCUT2D eigenvalue weighted by molar-refractivity contribution is 0.180. The molecule has 0 radical (unpaired) electrons. The van der Waals surface area contributed by atoms with E-state index >= 15 is 0 Å². The van der Waals surface area contributed by atoms with Crippen LogP contribution in [0.25, 0.3) is 0 Å². The molecule has 2 aromatic rings. The van der Waals surface area contributed by atoms with Gasteiger partial charge in [0.25, 0.3) is 0 Å². The molecule has 0 amide bonds. The van der Waals surface area contributed by atoms with Gasteiger partial charge in [0.2, 0.25) is 0 Å². The highest BCUT2D eigenvalue weighted by molar-refractivity contribution is 6.34. The van der Waals surface area contributed by atoms with E-state index in [1.165, 1.54) is 5.56 Å². The van der Waals surface area contributed by atoms with Gasteiger partial charge in [0, 0.05) is 16.1 Å². The van der Waals surface area contributed by atoms with Crippen LogP contribution in [-0.2, 0) is 0 Å². The van der Waals surface area contributed by atoms with Crippen LogP contribution in [0.5, 0.6) is 5.75 Å². The predicted molar refractivity (Wildman–Crippen MR) is 84.7 cm³/mol. The lowest BCUT2D eigenvalue weighted by Gasteiger charge is -2.23. The maximum atomic E-state index is 6.05. The van der Waals surface area contributed by atoms with Gasteiger partial charge in [-0.3, -0.25) is 0 Å². The Kier molecular flexibility index (Phi) is 4.92. The first-order valence-corrected chi connectivity index (χ1v) is 7.16. The Morgan fingerprint density at radius 1 is 1.05 bits per heavy atom. The van der Waals surface area contributed by atoms with Crippen LogP contribution >= 0.6 is 23.2 Å². The monoisotopic (exact) mass is 309 g/mol. The summed E-state index contributed by atoms with van der Waals surface area (Å²) in [5.74, 6) is 0.617. The molecule has 0 aliphatic heterocycles. The van der Waals surface area contributed by atoms with Gasteiger partial charge >= 0.3 is 0 Å². The SMILES string of the molecule is Cc1cccc(C(Oc2cc(Cl)cc(Cl)c2)C(C)N)c1. The van der Waals surface area contributed by atoms with Crippen LogP contribution in [0.3, 0.4) is 0 Å². The van der Waals surface area contributed by atoms with E-state index < -0.39 is 0 Å². The fourth-order valence-corrected chi connectivity index (χ4v) is 2.58. The van der Waals surface area contributed by atoms with Crippen LogP contribution in [0, 0.1) is 6.92 Å². The third-order valence-electron chi connectivity index (χ3n) is 2.95. The summed E-state index contributed by atoms with van der Waals surface area (Å²) in [6, 6.07) is 13.1. The van der Waals surface area contributed by atoms with E-state index in [-0.39, 0.29) is 12.1 Å². The fourth-order valence-electron chi connectivity index (χ4n) is 2.07. The second-order valence-corrected chi connectivity index (χ2v) is 5.79. The van der Waals surface area contributed by atoms with E-state index in [1.54, 1.807) is 18.2 Å². The minimum atomic E-state index is -0.246. The quantitative estimate of drug-likeness (QED) is 0.883. The second kappa shape index (κ2) is 6.49. The highest BCUT2D eigenvalue weighted by Gasteiger charge is 2.18. The minimum Gasteiger partial charge on any atom is -0.484 e. The van der Waals surface area contributed by atoms with Crippen LogP contribution in [0.15, 0.2) is 42.5 Å². The molecular formula is C16H17Cl2NO. The van der Waals surface area contributed by atoms with E-state index in [1.807, 2.05) is 32.0 Å². The first-order valence-electron chi connectivity index (χ1n) is 6.40.